The molecule has 1 aliphatic heterocycles. The molecule has 0 saturated carbocycles. The Morgan fingerprint density at radius 2 is 2.46 bits per heavy atom. The van der Waals surface area contributed by atoms with Crippen LogP contribution in [0.2, 0.25) is 0 Å². The van der Waals surface area contributed by atoms with Gasteiger partial charge in [-0.3, -0.25) is 9.78 Å². The number of nitrogens with zero attached hydrogens (tertiary/aromatic N) is 3. The van der Waals surface area contributed by atoms with E-state index in [0.29, 0.717) is 36.6 Å². The molecule has 7 nitrogen and oxygen atoms in total. The van der Waals surface area contributed by atoms with Crippen molar-refractivity contribution in [3.8, 4) is 11.8 Å². The van der Waals surface area contributed by atoms with Crippen LogP contribution in [0, 0.1) is 11.3 Å². The highest BCUT2D eigenvalue weighted by atomic mass is 16.5. The fourth-order valence-electron chi connectivity index (χ4n) is 2.82. The lowest BCUT2D eigenvalue weighted by Crippen LogP contribution is -2.39. The van der Waals surface area contributed by atoms with E-state index in [0.717, 1.165) is 0 Å². The number of pyridine rings is 1. The van der Waals surface area contributed by atoms with Crippen LogP contribution in [0.5, 0.6) is 5.75 Å². The third-order valence-corrected chi connectivity index (χ3v) is 4.10. The minimum Gasteiger partial charge on any atom is -0.490 e. The first-order chi connectivity index (χ1) is 11.7. The predicted molar refractivity (Wildman–Crippen MR) is 85.5 cm³/mol. The summed E-state index contributed by atoms with van der Waals surface area (Å²) in [5, 5.41) is 8.89. The molecule has 1 N–H and O–H groups in total. The van der Waals surface area contributed by atoms with Crippen molar-refractivity contribution in [1.29, 1.82) is 5.26 Å². The number of carbonyl (C=O) groups excluding carboxylic acids is 1. The summed E-state index contributed by atoms with van der Waals surface area (Å²) >= 11 is 0. The van der Waals surface area contributed by atoms with E-state index >= 15 is 0 Å². The number of H-pyrrole nitrogens is 1. The normalized spacial score (nSPS) is 19.9. The Balaban J connectivity index is 1.71. The average Bonchev–Trinajstić information content (AvgIpc) is 3.27. The number of nitrogens with one attached hydrogen (secondary N) is 1. The van der Waals surface area contributed by atoms with E-state index in [1.165, 1.54) is 0 Å². The molecule has 3 rings (SSSR count). The second-order valence-electron chi connectivity index (χ2n) is 5.62. The van der Waals surface area contributed by atoms with Crippen molar-refractivity contribution in [3.63, 3.8) is 0 Å². The molecule has 0 spiro atoms. The van der Waals surface area contributed by atoms with Gasteiger partial charge in [0.2, 0.25) is 0 Å². The fourth-order valence-corrected chi connectivity index (χ4v) is 2.82. The first kappa shape index (κ1) is 16.0. The van der Waals surface area contributed by atoms with Crippen LogP contribution in [0.15, 0.2) is 36.8 Å². The number of methoxy groups -OCH3 is 1. The lowest BCUT2D eigenvalue weighted by atomic mass is 10.2. The van der Waals surface area contributed by atoms with Gasteiger partial charge in [-0.05, 0) is 24.6 Å². The van der Waals surface area contributed by atoms with Gasteiger partial charge in [-0.1, -0.05) is 0 Å². The smallest absolute Gasteiger partial charge is 0.255 e. The molecule has 1 fully saturated rings. The summed E-state index contributed by atoms with van der Waals surface area (Å²) in [5.74, 6) is 0.534. The van der Waals surface area contributed by atoms with Gasteiger partial charge in [0, 0.05) is 26.0 Å². The third kappa shape index (κ3) is 3.39. The molecule has 124 valence electrons. The van der Waals surface area contributed by atoms with Gasteiger partial charge >= 0.3 is 0 Å². The summed E-state index contributed by atoms with van der Waals surface area (Å²) in [5.41, 5.74) is 0.832. The van der Waals surface area contributed by atoms with Crippen molar-refractivity contribution in [1.82, 2.24) is 14.9 Å². The summed E-state index contributed by atoms with van der Waals surface area (Å²) in [6.07, 6.45) is 5.56. The standard InChI is InChI=1S/C17H18N4O3/c1-23-16-6-14(11-24-15-3-2-4-19-9-15)21(10-16)17(22)12-5-13(7-18)20-8-12/h2-5,8-9,14,16,20H,6,10-11H2,1H3/t14-,16+/m0/s1. The molecule has 0 aromatic carbocycles. The second kappa shape index (κ2) is 7.15. The van der Waals surface area contributed by atoms with Crippen LogP contribution in [-0.4, -0.2) is 53.2 Å². The van der Waals surface area contributed by atoms with Crippen LogP contribution in [0.3, 0.4) is 0 Å². The fraction of sp³-hybridized carbons (Fsp3) is 0.353. The van der Waals surface area contributed by atoms with Gasteiger partial charge in [-0.15, -0.1) is 0 Å². The van der Waals surface area contributed by atoms with Crippen LogP contribution in [0.1, 0.15) is 22.5 Å². The summed E-state index contributed by atoms with van der Waals surface area (Å²) in [7, 11) is 1.64. The molecule has 2 aromatic rings. The van der Waals surface area contributed by atoms with Gasteiger partial charge < -0.3 is 19.4 Å². The van der Waals surface area contributed by atoms with E-state index in [1.54, 1.807) is 42.7 Å². The summed E-state index contributed by atoms with van der Waals surface area (Å²) in [4.78, 5) is 21.3. The zero-order chi connectivity index (χ0) is 16.9. The number of hydrogen-bond donors (Lipinski definition) is 1. The highest BCUT2D eigenvalue weighted by Crippen LogP contribution is 2.23. The van der Waals surface area contributed by atoms with Crippen molar-refractivity contribution < 1.29 is 14.3 Å². The number of aromatic nitrogens is 2. The SMILES string of the molecule is CO[C@@H]1C[C@@H](COc2cccnc2)N(C(=O)c2c[nH]c(C#N)c2)C1. The van der Waals surface area contributed by atoms with Gasteiger partial charge in [0.05, 0.1) is 23.9 Å². The molecular formula is C17H18N4O3. The molecule has 3 heterocycles. The van der Waals surface area contributed by atoms with Gasteiger partial charge in [0.1, 0.15) is 24.1 Å². The molecule has 2 atom stereocenters. The highest BCUT2D eigenvalue weighted by Gasteiger charge is 2.36. The number of rotatable bonds is 5. The Labute approximate surface area is 139 Å². The summed E-state index contributed by atoms with van der Waals surface area (Å²) in [6.45, 7) is 0.871. The molecule has 24 heavy (non-hydrogen) atoms. The zero-order valence-corrected chi connectivity index (χ0v) is 13.3. The average molecular weight is 326 g/mol. The third-order valence-electron chi connectivity index (χ3n) is 4.10. The van der Waals surface area contributed by atoms with Gasteiger partial charge in [-0.2, -0.15) is 5.26 Å². The molecule has 0 aliphatic carbocycles. The molecule has 1 aliphatic rings. The number of hydrogen-bond acceptors (Lipinski definition) is 5. The number of likely N-dealkylation sites (tertiary alicyclic amines) is 1. The second-order valence-corrected chi connectivity index (χ2v) is 5.62. The van der Waals surface area contributed by atoms with E-state index in [-0.39, 0.29) is 18.1 Å². The molecule has 2 aromatic heterocycles. The highest BCUT2D eigenvalue weighted by molar-refractivity contribution is 5.94. The molecule has 1 amide bonds. The topological polar surface area (TPSA) is 91.2 Å². The first-order valence-corrected chi connectivity index (χ1v) is 7.66. The minimum atomic E-state index is -0.132. The van der Waals surface area contributed by atoms with Crippen LogP contribution >= 0.6 is 0 Å². The van der Waals surface area contributed by atoms with E-state index in [9.17, 15) is 4.79 Å². The Morgan fingerprint density at radius 3 is 3.12 bits per heavy atom. The van der Waals surface area contributed by atoms with Crippen molar-refractivity contribution in [2.24, 2.45) is 0 Å². The van der Waals surface area contributed by atoms with Crippen LogP contribution in [0.4, 0.5) is 0 Å². The largest absolute Gasteiger partial charge is 0.490 e. The Kier molecular flexibility index (Phi) is 4.77. The van der Waals surface area contributed by atoms with Crippen molar-refractivity contribution in [2.45, 2.75) is 18.6 Å². The zero-order valence-electron chi connectivity index (χ0n) is 13.3. The van der Waals surface area contributed by atoms with Gasteiger partial charge in [0.25, 0.3) is 5.91 Å². The lowest BCUT2D eigenvalue weighted by Gasteiger charge is -2.24. The van der Waals surface area contributed by atoms with Crippen LogP contribution < -0.4 is 4.74 Å². The van der Waals surface area contributed by atoms with Gasteiger partial charge in [0.15, 0.2) is 0 Å². The molecule has 0 bridgehead atoms. The van der Waals surface area contributed by atoms with E-state index in [4.69, 9.17) is 14.7 Å². The maximum Gasteiger partial charge on any atom is 0.255 e. The molecule has 7 heteroatoms. The number of amides is 1. The number of aromatic amines is 1. The first-order valence-electron chi connectivity index (χ1n) is 7.66. The predicted octanol–water partition coefficient (Wildman–Crippen LogP) is 1.59. The number of ether oxygens (including phenoxy) is 2. The van der Waals surface area contributed by atoms with Gasteiger partial charge in [-0.25, -0.2) is 0 Å². The molecule has 0 radical (unpaired) electrons. The maximum atomic E-state index is 12.7. The quantitative estimate of drug-likeness (QED) is 0.901. The molecule has 0 unspecified atom stereocenters. The van der Waals surface area contributed by atoms with E-state index in [1.807, 2.05) is 12.1 Å². The monoisotopic (exact) mass is 326 g/mol. The van der Waals surface area contributed by atoms with Crippen molar-refractivity contribution in [3.05, 3.63) is 48.0 Å². The number of nitriles is 1. The lowest BCUT2D eigenvalue weighted by molar-refractivity contribution is 0.0658. The number of carbonyl (C=O) groups is 1. The Hall–Kier alpha value is -2.85. The van der Waals surface area contributed by atoms with Crippen LogP contribution in [-0.2, 0) is 4.74 Å². The van der Waals surface area contributed by atoms with Crippen LogP contribution in [0.25, 0.3) is 0 Å². The minimum absolute atomic E-state index is 0.0224. The molecule has 1 saturated heterocycles. The van der Waals surface area contributed by atoms with Crippen molar-refractivity contribution in [2.75, 3.05) is 20.3 Å². The molecular weight excluding hydrogens is 308 g/mol. The van der Waals surface area contributed by atoms with E-state index in [2.05, 4.69) is 9.97 Å². The maximum absolute atomic E-state index is 12.7. The summed E-state index contributed by atoms with van der Waals surface area (Å²) in [6, 6.07) is 7.08. The van der Waals surface area contributed by atoms with Crippen molar-refractivity contribution >= 4 is 5.91 Å². The summed E-state index contributed by atoms with van der Waals surface area (Å²) < 4.78 is 11.2. The Morgan fingerprint density at radius 1 is 1.58 bits per heavy atom. The van der Waals surface area contributed by atoms with E-state index < -0.39 is 0 Å². The Bertz CT molecular complexity index is 738.